The molecule has 1 aromatic carbocycles. The van der Waals surface area contributed by atoms with E-state index >= 15 is 0 Å². The summed E-state index contributed by atoms with van der Waals surface area (Å²) < 4.78 is 65.4. The van der Waals surface area contributed by atoms with Crippen LogP contribution in [0.2, 0.25) is 0 Å². The van der Waals surface area contributed by atoms with E-state index in [-0.39, 0.29) is 17.5 Å². The van der Waals surface area contributed by atoms with Crippen molar-refractivity contribution in [3.05, 3.63) is 53.4 Å². The third kappa shape index (κ3) is 5.98. The van der Waals surface area contributed by atoms with Crippen molar-refractivity contribution in [2.45, 2.75) is 70.4 Å². The number of nitrogens with zero attached hydrogens (tertiary/aromatic N) is 2. The van der Waals surface area contributed by atoms with E-state index in [1.54, 1.807) is 12.4 Å². The first-order valence-electron chi connectivity index (χ1n) is 11.8. The van der Waals surface area contributed by atoms with Gasteiger partial charge in [0, 0.05) is 29.6 Å². The first kappa shape index (κ1) is 23.8. The van der Waals surface area contributed by atoms with Crippen LogP contribution in [-0.2, 0) is 0 Å². The quantitative estimate of drug-likeness (QED) is 0.427. The minimum atomic E-state index is -4.65. The predicted octanol–water partition coefficient (Wildman–Crippen LogP) is 8.10. The van der Waals surface area contributed by atoms with E-state index in [4.69, 9.17) is 0 Å². The Balaban J connectivity index is 1.40. The number of benzene rings is 1. The van der Waals surface area contributed by atoms with Gasteiger partial charge in [-0.1, -0.05) is 19.8 Å². The summed E-state index contributed by atoms with van der Waals surface area (Å²) in [6.45, 7) is 2.35. The summed E-state index contributed by atoms with van der Waals surface area (Å²) in [5.74, 6) is 0.892. The Bertz CT molecular complexity index is 944. The highest BCUT2D eigenvalue weighted by atomic mass is 19.4. The van der Waals surface area contributed by atoms with E-state index in [0.29, 0.717) is 12.0 Å². The van der Waals surface area contributed by atoms with Gasteiger partial charge in [-0.3, -0.25) is 0 Å². The smallest absolute Gasteiger partial charge is 0.236 e. The van der Waals surface area contributed by atoms with E-state index in [2.05, 4.69) is 16.9 Å². The standard InChI is InChI=1S/C26H29F5N2/c1-16-2-4-17(5-3-16)18-6-8-19(9-7-18)21-14-32-25(33-15-21)20-12-23(27)22(24(28)13-20)10-11-26(29,30)31/h10-19H,2-9H2,1H3/b11-10+. The molecule has 0 bridgehead atoms. The van der Waals surface area contributed by atoms with Crippen LogP contribution in [0.1, 0.15) is 75.3 Å². The van der Waals surface area contributed by atoms with Crippen LogP contribution >= 0.6 is 0 Å². The van der Waals surface area contributed by atoms with Crippen molar-refractivity contribution in [3.63, 3.8) is 0 Å². The molecule has 7 heteroatoms. The Labute approximate surface area is 191 Å². The molecule has 0 saturated heterocycles. The molecule has 2 aliphatic rings. The lowest BCUT2D eigenvalue weighted by Gasteiger charge is -2.37. The van der Waals surface area contributed by atoms with Gasteiger partial charge in [-0.2, -0.15) is 13.2 Å². The Kier molecular flexibility index (Phi) is 7.15. The van der Waals surface area contributed by atoms with Crippen molar-refractivity contribution >= 4 is 6.08 Å². The molecule has 0 radical (unpaired) electrons. The first-order valence-corrected chi connectivity index (χ1v) is 11.8. The topological polar surface area (TPSA) is 25.8 Å². The highest BCUT2D eigenvalue weighted by Gasteiger charge is 2.30. The summed E-state index contributed by atoms with van der Waals surface area (Å²) in [6, 6.07) is 1.93. The monoisotopic (exact) mass is 464 g/mol. The molecule has 0 aliphatic heterocycles. The number of aromatic nitrogens is 2. The molecule has 0 unspecified atom stereocenters. The first-order chi connectivity index (χ1) is 15.7. The molecule has 0 N–H and O–H groups in total. The van der Waals surface area contributed by atoms with Gasteiger partial charge in [0.25, 0.3) is 0 Å². The molecular weight excluding hydrogens is 435 g/mol. The second-order valence-corrected chi connectivity index (χ2v) is 9.70. The number of allylic oxidation sites excluding steroid dienone is 1. The highest BCUT2D eigenvalue weighted by Crippen LogP contribution is 2.43. The number of halogens is 5. The SMILES string of the molecule is CC1CCC(C2CCC(c3cnc(-c4cc(F)c(/C=C/C(F)(F)F)c(F)c4)nc3)CC2)CC1. The maximum absolute atomic E-state index is 14.2. The maximum atomic E-state index is 14.2. The zero-order valence-electron chi connectivity index (χ0n) is 18.7. The van der Waals surface area contributed by atoms with Gasteiger partial charge in [0.15, 0.2) is 5.82 Å². The Morgan fingerprint density at radius 1 is 0.818 bits per heavy atom. The lowest BCUT2D eigenvalue weighted by Crippen LogP contribution is -2.24. The fourth-order valence-corrected chi connectivity index (χ4v) is 5.43. The Morgan fingerprint density at radius 3 is 1.85 bits per heavy atom. The van der Waals surface area contributed by atoms with E-state index in [1.807, 2.05) is 0 Å². The summed E-state index contributed by atoms with van der Waals surface area (Å²) in [5, 5.41) is 0. The van der Waals surface area contributed by atoms with Gasteiger partial charge >= 0.3 is 6.18 Å². The van der Waals surface area contributed by atoms with Crippen LogP contribution in [0.4, 0.5) is 22.0 Å². The third-order valence-corrected chi connectivity index (χ3v) is 7.42. The molecule has 0 amide bonds. The average molecular weight is 465 g/mol. The van der Waals surface area contributed by atoms with Gasteiger partial charge in [0.2, 0.25) is 0 Å². The van der Waals surface area contributed by atoms with Crippen LogP contribution in [0, 0.1) is 29.4 Å². The lowest BCUT2D eigenvalue weighted by molar-refractivity contribution is -0.0790. The molecule has 2 aromatic rings. The highest BCUT2D eigenvalue weighted by molar-refractivity contribution is 5.61. The molecule has 1 aromatic heterocycles. The maximum Gasteiger partial charge on any atom is 0.409 e. The summed E-state index contributed by atoms with van der Waals surface area (Å²) in [6.07, 6.45) is 9.01. The van der Waals surface area contributed by atoms with Crippen molar-refractivity contribution in [1.82, 2.24) is 9.97 Å². The van der Waals surface area contributed by atoms with Crippen LogP contribution in [0.3, 0.4) is 0 Å². The van der Waals surface area contributed by atoms with Gasteiger partial charge < -0.3 is 0 Å². The zero-order chi connectivity index (χ0) is 23.6. The molecule has 33 heavy (non-hydrogen) atoms. The molecule has 0 atom stereocenters. The molecule has 4 rings (SSSR count). The second kappa shape index (κ2) is 9.90. The molecular formula is C26H29F5N2. The molecule has 178 valence electrons. The van der Waals surface area contributed by atoms with Crippen molar-refractivity contribution in [3.8, 4) is 11.4 Å². The molecule has 1 heterocycles. The summed E-state index contributed by atoms with van der Waals surface area (Å²) >= 11 is 0. The van der Waals surface area contributed by atoms with Gasteiger partial charge in [0.1, 0.15) is 11.6 Å². The van der Waals surface area contributed by atoms with Crippen LogP contribution in [0.5, 0.6) is 0 Å². The summed E-state index contributed by atoms with van der Waals surface area (Å²) in [7, 11) is 0. The van der Waals surface area contributed by atoms with Crippen molar-refractivity contribution in [2.75, 3.05) is 0 Å². The third-order valence-electron chi connectivity index (χ3n) is 7.42. The fourth-order valence-electron chi connectivity index (χ4n) is 5.43. The second-order valence-electron chi connectivity index (χ2n) is 9.70. The number of alkyl halides is 3. The summed E-state index contributed by atoms with van der Waals surface area (Å²) in [5.41, 5.74) is 0.382. The van der Waals surface area contributed by atoms with Gasteiger partial charge in [0.05, 0.1) is 0 Å². The average Bonchev–Trinajstić information content (AvgIpc) is 2.78. The van der Waals surface area contributed by atoms with E-state index < -0.39 is 23.4 Å². The van der Waals surface area contributed by atoms with Gasteiger partial charge in [-0.25, -0.2) is 18.7 Å². The van der Waals surface area contributed by atoms with Crippen molar-refractivity contribution in [1.29, 1.82) is 0 Å². The van der Waals surface area contributed by atoms with Crippen molar-refractivity contribution in [2.24, 2.45) is 17.8 Å². The molecule has 0 spiro atoms. The summed E-state index contributed by atoms with van der Waals surface area (Å²) in [4.78, 5) is 8.59. The molecule has 2 nitrogen and oxygen atoms in total. The number of hydrogen-bond acceptors (Lipinski definition) is 2. The number of rotatable bonds is 4. The van der Waals surface area contributed by atoms with E-state index in [1.165, 1.54) is 38.5 Å². The largest absolute Gasteiger partial charge is 0.409 e. The molecule has 2 saturated carbocycles. The van der Waals surface area contributed by atoms with Crippen LogP contribution in [0.25, 0.3) is 17.5 Å². The fraction of sp³-hybridized carbons (Fsp3) is 0.538. The van der Waals surface area contributed by atoms with Gasteiger partial charge in [-0.05, 0) is 86.0 Å². The predicted molar refractivity (Wildman–Crippen MR) is 118 cm³/mol. The zero-order valence-corrected chi connectivity index (χ0v) is 18.7. The minimum absolute atomic E-state index is 0.0935. The van der Waals surface area contributed by atoms with Crippen molar-refractivity contribution < 1.29 is 22.0 Å². The van der Waals surface area contributed by atoms with Crippen LogP contribution < -0.4 is 0 Å². The number of hydrogen-bond donors (Lipinski definition) is 0. The Morgan fingerprint density at radius 2 is 1.33 bits per heavy atom. The van der Waals surface area contributed by atoms with Crippen LogP contribution in [0.15, 0.2) is 30.6 Å². The van der Waals surface area contributed by atoms with Gasteiger partial charge in [-0.15, -0.1) is 0 Å². The Hall–Kier alpha value is -2.31. The minimum Gasteiger partial charge on any atom is -0.236 e. The normalized spacial score (nSPS) is 26.6. The van der Waals surface area contributed by atoms with Crippen LogP contribution in [-0.4, -0.2) is 16.1 Å². The lowest BCUT2D eigenvalue weighted by atomic mass is 9.69. The van der Waals surface area contributed by atoms with E-state index in [9.17, 15) is 22.0 Å². The van der Waals surface area contributed by atoms with E-state index in [0.717, 1.165) is 48.3 Å². The molecule has 2 aliphatic carbocycles. The molecule has 2 fully saturated rings.